The number of ether oxygens (including phenoxy) is 2. The molecule has 0 bridgehead atoms. The molecule has 1 fully saturated rings. The number of aromatic amines is 1. The summed E-state index contributed by atoms with van der Waals surface area (Å²) in [5.74, 6) is -4.58. The van der Waals surface area contributed by atoms with Gasteiger partial charge < -0.3 is 14.5 Å². The predicted molar refractivity (Wildman–Crippen MR) is 109 cm³/mol. The number of rotatable bonds is 6. The van der Waals surface area contributed by atoms with E-state index in [1.54, 1.807) is 36.7 Å². The zero-order chi connectivity index (χ0) is 21.6. The molecule has 2 aliphatic heterocycles. The first-order chi connectivity index (χ1) is 13.4. The first-order valence-electron chi connectivity index (χ1n) is 8.91. The van der Waals surface area contributed by atoms with Crippen LogP contribution in [-0.4, -0.2) is 48.9 Å². The Bertz CT molecular complexity index is 1010. The number of aromatic nitrogens is 1. The molecule has 29 heavy (non-hydrogen) atoms. The monoisotopic (exact) mass is 441 g/mol. The summed E-state index contributed by atoms with van der Waals surface area (Å²) in [6.07, 6.45) is 4.12. The lowest BCUT2D eigenvalue weighted by Crippen LogP contribution is -2.46. The number of Topliss-reactive ketones (excluding diaryl/α,β-unsaturated/α-hetero) is 1. The third-order valence-corrected chi connectivity index (χ3v) is 13.0. The number of H-pyrrole nitrogens is 1. The zero-order valence-electron chi connectivity index (χ0n) is 16.6. The maximum Gasteiger partial charge on any atom is 0.323 e. The molecule has 0 spiro atoms. The van der Waals surface area contributed by atoms with Crippen LogP contribution in [0.25, 0.3) is 0 Å². The molecule has 2 aliphatic rings. The average molecular weight is 442 g/mol. The minimum atomic E-state index is -3.74. The van der Waals surface area contributed by atoms with Crippen LogP contribution in [0.15, 0.2) is 40.3 Å². The van der Waals surface area contributed by atoms with Gasteiger partial charge in [-0.3, -0.25) is 14.4 Å². The highest BCUT2D eigenvalue weighted by atomic mass is 33.2. The van der Waals surface area contributed by atoms with E-state index in [1.807, 2.05) is 0 Å². The molecular formula is C19H23NO7S2. The third-order valence-electron chi connectivity index (χ3n) is 4.69. The zero-order valence-corrected chi connectivity index (χ0v) is 18.2. The maximum atomic E-state index is 13.0. The minimum Gasteiger partial charge on any atom is -0.422 e. The van der Waals surface area contributed by atoms with Crippen LogP contribution in [0.3, 0.4) is 0 Å². The molecule has 158 valence electrons. The second-order valence-corrected chi connectivity index (χ2v) is 15.0. The molecule has 8 nitrogen and oxygen atoms in total. The number of hydrogen-bond acceptors (Lipinski definition) is 7. The van der Waals surface area contributed by atoms with E-state index in [0.717, 1.165) is 6.26 Å². The lowest BCUT2D eigenvalue weighted by atomic mass is 10.1. The summed E-state index contributed by atoms with van der Waals surface area (Å²) in [5.41, 5.74) is 0.924. The van der Waals surface area contributed by atoms with E-state index in [-0.39, 0.29) is 22.8 Å². The molecule has 0 radical (unpaired) electrons. The van der Waals surface area contributed by atoms with E-state index in [0.29, 0.717) is 5.57 Å². The molecule has 0 amide bonds. The van der Waals surface area contributed by atoms with Crippen molar-refractivity contribution in [2.75, 3.05) is 12.0 Å². The molecule has 1 N–H and O–H groups in total. The van der Waals surface area contributed by atoms with Gasteiger partial charge in [0.05, 0.1) is 10.6 Å². The van der Waals surface area contributed by atoms with Crippen LogP contribution in [0, 0.1) is 5.92 Å². The van der Waals surface area contributed by atoms with Gasteiger partial charge in [0, 0.05) is 26.3 Å². The quantitative estimate of drug-likeness (QED) is 0.312. The molecular weight excluding hydrogens is 418 g/mol. The number of esters is 2. The van der Waals surface area contributed by atoms with Gasteiger partial charge in [-0.05, 0) is 48.3 Å². The first kappa shape index (κ1) is 21.4. The summed E-state index contributed by atoms with van der Waals surface area (Å²) in [6, 6.07) is 3.22. The summed E-state index contributed by atoms with van der Waals surface area (Å²) >= 11 is 0. The summed E-state index contributed by atoms with van der Waals surface area (Å²) in [6.45, 7) is 4.61. The topological polar surface area (TPSA) is 120 Å². The van der Waals surface area contributed by atoms with Gasteiger partial charge >= 0.3 is 11.9 Å². The van der Waals surface area contributed by atoms with E-state index in [4.69, 9.17) is 9.47 Å². The van der Waals surface area contributed by atoms with Gasteiger partial charge in [-0.25, -0.2) is 8.42 Å². The molecule has 10 heteroatoms. The standard InChI is InChI=1S/C19H23NO7S2/c1-12-10-15(16(21)14-6-5-8-20-14)29(11-12,28(4,24)25)9-7-13-17(22)26-19(2,3)27-18(13)23/h5-6,8,10-11,13,20H,7,9H2,1-4H3. The number of cyclic esters (lactones) is 2. The SMILES string of the molecule is CC1=CS(CCC2C(=O)OC(C)(C)OC2=O)(S(C)(=O)=O)C(C(=O)c2ccc[nH]2)=C1. The van der Waals surface area contributed by atoms with Crippen LogP contribution in [0.2, 0.25) is 0 Å². The van der Waals surface area contributed by atoms with E-state index < -0.39 is 47.4 Å². The molecule has 0 saturated carbocycles. The Kier molecular flexibility index (Phi) is 5.29. The van der Waals surface area contributed by atoms with Crippen molar-refractivity contribution in [3.63, 3.8) is 0 Å². The van der Waals surface area contributed by atoms with Crippen molar-refractivity contribution in [3.8, 4) is 0 Å². The van der Waals surface area contributed by atoms with Crippen LogP contribution in [0.4, 0.5) is 0 Å². The highest BCUT2D eigenvalue weighted by molar-refractivity contribution is 8.93. The lowest BCUT2D eigenvalue weighted by molar-refractivity contribution is -0.239. The lowest BCUT2D eigenvalue weighted by Gasteiger charge is -2.37. The Morgan fingerprint density at radius 1 is 1.24 bits per heavy atom. The molecule has 0 aliphatic carbocycles. The van der Waals surface area contributed by atoms with Crippen LogP contribution >= 0.6 is 9.06 Å². The molecule has 1 aromatic rings. The Morgan fingerprint density at radius 2 is 1.86 bits per heavy atom. The van der Waals surface area contributed by atoms with Gasteiger partial charge in [-0.15, -0.1) is 0 Å². The predicted octanol–water partition coefficient (Wildman–Crippen LogP) is 2.61. The van der Waals surface area contributed by atoms with E-state index in [1.165, 1.54) is 13.8 Å². The summed E-state index contributed by atoms with van der Waals surface area (Å²) < 4.78 is 36.0. The van der Waals surface area contributed by atoms with Crippen LogP contribution < -0.4 is 0 Å². The summed E-state index contributed by atoms with van der Waals surface area (Å²) in [4.78, 5) is 40.5. The van der Waals surface area contributed by atoms with E-state index in [2.05, 4.69) is 4.98 Å². The minimum absolute atomic E-state index is 0.0588. The second kappa shape index (κ2) is 7.17. The largest absolute Gasteiger partial charge is 0.422 e. The number of hydrogen-bond donors (Lipinski definition) is 1. The molecule has 1 saturated heterocycles. The van der Waals surface area contributed by atoms with Gasteiger partial charge in [0.25, 0.3) is 5.79 Å². The Balaban J connectivity index is 1.94. The molecule has 1 unspecified atom stereocenters. The van der Waals surface area contributed by atoms with Crippen LogP contribution in [-0.2, 0) is 27.9 Å². The van der Waals surface area contributed by atoms with Crippen molar-refractivity contribution in [3.05, 3.63) is 46.0 Å². The first-order valence-corrected chi connectivity index (χ1v) is 13.2. The fourth-order valence-corrected chi connectivity index (χ4v) is 10.2. The second-order valence-electron chi connectivity index (χ2n) is 7.50. The van der Waals surface area contributed by atoms with Crippen molar-refractivity contribution in [1.29, 1.82) is 0 Å². The van der Waals surface area contributed by atoms with Gasteiger partial charge in [0.2, 0.25) is 5.78 Å². The van der Waals surface area contributed by atoms with E-state index >= 15 is 0 Å². The maximum absolute atomic E-state index is 13.0. The smallest absolute Gasteiger partial charge is 0.323 e. The molecule has 3 rings (SSSR count). The number of nitrogens with one attached hydrogen (secondary N) is 1. The van der Waals surface area contributed by atoms with Crippen LogP contribution in [0.5, 0.6) is 0 Å². The van der Waals surface area contributed by atoms with Gasteiger partial charge in [-0.1, -0.05) is 9.06 Å². The van der Waals surface area contributed by atoms with Crippen molar-refractivity contribution in [2.24, 2.45) is 5.92 Å². The Labute approximate surface area is 170 Å². The van der Waals surface area contributed by atoms with Gasteiger partial charge in [0.1, 0.15) is 0 Å². The third kappa shape index (κ3) is 3.91. The van der Waals surface area contributed by atoms with Crippen molar-refractivity contribution in [2.45, 2.75) is 33.0 Å². The van der Waals surface area contributed by atoms with E-state index in [9.17, 15) is 22.8 Å². The highest BCUT2D eigenvalue weighted by Gasteiger charge is 2.47. The fourth-order valence-electron chi connectivity index (χ4n) is 3.37. The highest BCUT2D eigenvalue weighted by Crippen LogP contribution is 2.66. The molecule has 1 atom stereocenters. The molecule has 0 aromatic carbocycles. The molecule has 3 heterocycles. The average Bonchev–Trinajstić information content (AvgIpc) is 3.20. The summed E-state index contributed by atoms with van der Waals surface area (Å²) in [7, 11) is -6.52. The van der Waals surface area contributed by atoms with Crippen LogP contribution in [0.1, 0.15) is 37.7 Å². The van der Waals surface area contributed by atoms with Gasteiger partial charge in [0.15, 0.2) is 14.8 Å². The number of ketones is 1. The Morgan fingerprint density at radius 3 is 2.38 bits per heavy atom. The number of carbonyl (C=O) groups is 3. The van der Waals surface area contributed by atoms with Crippen molar-refractivity contribution in [1.82, 2.24) is 4.98 Å². The van der Waals surface area contributed by atoms with Crippen molar-refractivity contribution >= 4 is 35.7 Å². The van der Waals surface area contributed by atoms with Crippen molar-refractivity contribution < 1.29 is 32.3 Å². The summed E-state index contributed by atoms with van der Waals surface area (Å²) in [5, 5.41) is 1.59. The fraction of sp³-hybridized carbons (Fsp3) is 0.421. The Hall–Kier alpha value is -2.33. The van der Waals surface area contributed by atoms with Gasteiger partial charge in [-0.2, -0.15) is 0 Å². The number of carbonyl (C=O) groups excluding carboxylic acids is 3. The normalized spacial score (nSPS) is 26.8. The molecule has 1 aromatic heterocycles. The number of allylic oxidation sites excluding steroid dienone is 3.